The van der Waals surface area contributed by atoms with Crippen LogP contribution in [-0.2, 0) is 0 Å². The van der Waals surface area contributed by atoms with Crippen molar-refractivity contribution in [2.45, 2.75) is 13.0 Å². The zero-order valence-electron chi connectivity index (χ0n) is 9.84. The number of piperazine rings is 1. The summed E-state index contributed by atoms with van der Waals surface area (Å²) in [4.78, 5) is 13.9. The largest absolute Gasteiger partial charge is 0.336 e. The molecule has 98 valence electrons. The molecule has 1 amide bonds. The van der Waals surface area contributed by atoms with Gasteiger partial charge in [-0.1, -0.05) is 23.2 Å². The Bertz CT molecular complexity index is 481. The molecule has 1 aromatic carbocycles. The number of nitrogens with one attached hydrogen (secondary N) is 1. The number of benzene rings is 1. The molecular formula is C12H13Cl2FN2O. The number of amides is 1. The fourth-order valence-electron chi connectivity index (χ4n) is 1.97. The zero-order chi connectivity index (χ0) is 13.3. The van der Waals surface area contributed by atoms with Crippen LogP contribution in [0.5, 0.6) is 0 Å². The van der Waals surface area contributed by atoms with Gasteiger partial charge in [0.1, 0.15) is 5.82 Å². The molecule has 6 heteroatoms. The van der Waals surface area contributed by atoms with Gasteiger partial charge in [-0.2, -0.15) is 0 Å². The van der Waals surface area contributed by atoms with E-state index in [1.165, 1.54) is 6.07 Å². The van der Waals surface area contributed by atoms with E-state index in [0.717, 1.165) is 12.6 Å². The van der Waals surface area contributed by atoms with Crippen LogP contribution >= 0.6 is 23.2 Å². The van der Waals surface area contributed by atoms with Gasteiger partial charge in [0.2, 0.25) is 0 Å². The lowest BCUT2D eigenvalue weighted by molar-refractivity contribution is 0.0709. The highest BCUT2D eigenvalue weighted by Gasteiger charge is 2.24. The second-order valence-corrected chi connectivity index (χ2v) is 5.17. The summed E-state index contributed by atoms with van der Waals surface area (Å²) in [6.45, 7) is 3.88. The first-order valence-electron chi connectivity index (χ1n) is 5.66. The van der Waals surface area contributed by atoms with Gasteiger partial charge in [-0.15, -0.1) is 0 Å². The first-order valence-corrected chi connectivity index (χ1v) is 6.42. The first kappa shape index (κ1) is 13.6. The van der Waals surface area contributed by atoms with E-state index in [9.17, 15) is 9.18 Å². The van der Waals surface area contributed by atoms with Crippen molar-refractivity contribution >= 4 is 29.1 Å². The van der Waals surface area contributed by atoms with E-state index in [2.05, 4.69) is 5.32 Å². The number of nitrogens with zero attached hydrogens (tertiary/aromatic N) is 1. The highest BCUT2D eigenvalue weighted by Crippen LogP contribution is 2.25. The predicted molar refractivity (Wildman–Crippen MR) is 69.8 cm³/mol. The summed E-state index contributed by atoms with van der Waals surface area (Å²) in [5.74, 6) is -0.892. The quantitative estimate of drug-likeness (QED) is 0.807. The van der Waals surface area contributed by atoms with Gasteiger partial charge in [-0.05, 0) is 19.1 Å². The van der Waals surface area contributed by atoms with E-state index in [1.807, 2.05) is 6.92 Å². The van der Waals surface area contributed by atoms with Gasteiger partial charge in [0.15, 0.2) is 0 Å². The molecule has 0 spiro atoms. The van der Waals surface area contributed by atoms with Crippen LogP contribution in [0.2, 0.25) is 10.0 Å². The molecule has 2 rings (SSSR count). The molecule has 18 heavy (non-hydrogen) atoms. The third-order valence-corrected chi connectivity index (χ3v) is 3.50. The normalized spacial score (nSPS) is 20.0. The molecule has 1 heterocycles. The Morgan fingerprint density at radius 1 is 1.44 bits per heavy atom. The third-order valence-electron chi connectivity index (χ3n) is 2.90. The van der Waals surface area contributed by atoms with Gasteiger partial charge in [0.25, 0.3) is 5.91 Å². The number of hydrogen-bond donors (Lipinski definition) is 1. The molecule has 0 unspecified atom stereocenters. The molecule has 1 N–H and O–H groups in total. The summed E-state index contributed by atoms with van der Waals surface area (Å²) in [5.41, 5.74) is 0.160. The lowest BCUT2D eigenvalue weighted by Gasteiger charge is -2.32. The summed E-state index contributed by atoms with van der Waals surface area (Å²) in [7, 11) is 0. The zero-order valence-corrected chi connectivity index (χ0v) is 11.4. The van der Waals surface area contributed by atoms with E-state index in [0.29, 0.717) is 13.1 Å². The van der Waals surface area contributed by atoms with Gasteiger partial charge in [-0.3, -0.25) is 4.79 Å². The average Bonchev–Trinajstić information content (AvgIpc) is 2.33. The summed E-state index contributed by atoms with van der Waals surface area (Å²) in [6.07, 6.45) is 0. The fourth-order valence-corrected chi connectivity index (χ4v) is 2.44. The standard InChI is InChI=1S/C12H13Cl2FN2O/c1-7-6-17(3-2-16-7)12(18)8-4-11(15)10(14)5-9(8)13/h4-5,7,16H,2-3,6H2,1H3/t7-/m1/s1. The van der Waals surface area contributed by atoms with Crippen molar-refractivity contribution in [3.8, 4) is 0 Å². The number of carbonyl (C=O) groups is 1. The molecule has 1 atom stereocenters. The molecule has 3 nitrogen and oxygen atoms in total. The highest BCUT2D eigenvalue weighted by molar-refractivity contribution is 6.36. The Morgan fingerprint density at radius 3 is 2.83 bits per heavy atom. The summed E-state index contributed by atoms with van der Waals surface area (Å²) in [5, 5.41) is 3.33. The second-order valence-electron chi connectivity index (χ2n) is 4.35. The van der Waals surface area contributed by atoms with Crippen LogP contribution in [0.15, 0.2) is 12.1 Å². The number of carbonyl (C=O) groups excluding carboxylic acids is 1. The molecule has 1 fully saturated rings. The van der Waals surface area contributed by atoms with Crippen molar-refractivity contribution in [3.05, 3.63) is 33.6 Å². The van der Waals surface area contributed by atoms with Crippen molar-refractivity contribution in [1.29, 1.82) is 0 Å². The summed E-state index contributed by atoms with van der Waals surface area (Å²) < 4.78 is 13.4. The predicted octanol–water partition coefficient (Wildman–Crippen LogP) is 2.57. The molecule has 1 aliphatic heterocycles. The van der Waals surface area contributed by atoms with E-state index in [1.54, 1.807) is 4.90 Å². The van der Waals surface area contributed by atoms with Crippen molar-refractivity contribution in [2.75, 3.05) is 19.6 Å². The Hall–Kier alpha value is -0.840. The second kappa shape index (κ2) is 5.43. The fraction of sp³-hybridized carbons (Fsp3) is 0.417. The van der Waals surface area contributed by atoms with E-state index in [4.69, 9.17) is 23.2 Å². The number of hydrogen-bond acceptors (Lipinski definition) is 2. The molecule has 1 saturated heterocycles. The molecule has 1 aliphatic rings. The summed E-state index contributed by atoms with van der Waals surface area (Å²) >= 11 is 11.5. The van der Waals surface area contributed by atoms with Gasteiger partial charge < -0.3 is 10.2 Å². The van der Waals surface area contributed by atoms with Crippen molar-refractivity contribution in [1.82, 2.24) is 10.2 Å². The van der Waals surface area contributed by atoms with Crippen LogP contribution in [0, 0.1) is 5.82 Å². The van der Waals surface area contributed by atoms with Crippen LogP contribution in [0.1, 0.15) is 17.3 Å². The summed E-state index contributed by atoms with van der Waals surface area (Å²) in [6, 6.07) is 2.58. The SMILES string of the molecule is C[C@@H]1CN(C(=O)c2cc(F)c(Cl)cc2Cl)CCN1. The maximum absolute atomic E-state index is 13.4. The third kappa shape index (κ3) is 2.76. The average molecular weight is 291 g/mol. The van der Waals surface area contributed by atoms with Gasteiger partial charge in [0, 0.05) is 25.7 Å². The van der Waals surface area contributed by atoms with Crippen molar-refractivity contribution in [3.63, 3.8) is 0 Å². The highest BCUT2D eigenvalue weighted by atomic mass is 35.5. The maximum Gasteiger partial charge on any atom is 0.255 e. The van der Waals surface area contributed by atoms with E-state index in [-0.39, 0.29) is 27.6 Å². The minimum atomic E-state index is -0.632. The molecular weight excluding hydrogens is 278 g/mol. The molecule has 0 aromatic heterocycles. The Kier molecular flexibility index (Phi) is 4.10. The van der Waals surface area contributed by atoms with Gasteiger partial charge >= 0.3 is 0 Å². The number of halogens is 3. The van der Waals surface area contributed by atoms with Crippen molar-refractivity contribution < 1.29 is 9.18 Å². The lowest BCUT2D eigenvalue weighted by Crippen LogP contribution is -2.51. The number of rotatable bonds is 1. The Morgan fingerprint density at radius 2 is 2.17 bits per heavy atom. The van der Waals surface area contributed by atoms with Crippen LogP contribution in [0.4, 0.5) is 4.39 Å². The molecule has 1 aromatic rings. The van der Waals surface area contributed by atoms with E-state index < -0.39 is 5.82 Å². The molecule has 0 saturated carbocycles. The lowest BCUT2D eigenvalue weighted by atomic mass is 10.1. The molecule has 0 aliphatic carbocycles. The maximum atomic E-state index is 13.4. The Balaban J connectivity index is 2.25. The monoisotopic (exact) mass is 290 g/mol. The minimum Gasteiger partial charge on any atom is -0.336 e. The smallest absolute Gasteiger partial charge is 0.255 e. The van der Waals surface area contributed by atoms with Gasteiger partial charge in [-0.25, -0.2) is 4.39 Å². The van der Waals surface area contributed by atoms with Crippen LogP contribution in [0.3, 0.4) is 0 Å². The van der Waals surface area contributed by atoms with Crippen LogP contribution < -0.4 is 5.32 Å². The minimum absolute atomic E-state index is 0.0785. The molecule has 0 radical (unpaired) electrons. The topological polar surface area (TPSA) is 32.3 Å². The van der Waals surface area contributed by atoms with Crippen LogP contribution in [-0.4, -0.2) is 36.5 Å². The van der Waals surface area contributed by atoms with Crippen molar-refractivity contribution in [2.24, 2.45) is 0 Å². The molecule has 0 bridgehead atoms. The first-order chi connectivity index (χ1) is 8.49. The van der Waals surface area contributed by atoms with Gasteiger partial charge in [0.05, 0.1) is 15.6 Å². The van der Waals surface area contributed by atoms with E-state index >= 15 is 0 Å². The Labute approximate surface area is 115 Å². The van der Waals surface area contributed by atoms with Crippen LogP contribution in [0.25, 0.3) is 0 Å².